The number of amides is 2. The van der Waals surface area contributed by atoms with E-state index in [0.29, 0.717) is 0 Å². The van der Waals surface area contributed by atoms with Crippen LogP contribution in [0.2, 0.25) is 0 Å². The fourth-order valence-corrected chi connectivity index (χ4v) is 3.12. The van der Waals surface area contributed by atoms with Crippen molar-refractivity contribution in [3.63, 3.8) is 0 Å². The van der Waals surface area contributed by atoms with E-state index in [9.17, 15) is 19.2 Å². The Labute approximate surface area is 177 Å². The number of aromatic amines is 1. The van der Waals surface area contributed by atoms with Gasteiger partial charge >= 0.3 is 11.9 Å². The number of carbonyl (C=O) groups excluding carboxylic acids is 2. The summed E-state index contributed by atoms with van der Waals surface area (Å²) in [5, 5.41) is 23.6. The first-order chi connectivity index (χ1) is 14.2. The molecule has 0 aliphatic carbocycles. The summed E-state index contributed by atoms with van der Waals surface area (Å²) in [6, 6.07) is 3.91. The molecular formula is C19H24N4O6S. The van der Waals surface area contributed by atoms with Gasteiger partial charge in [0, 0.05) is 35.7 Å². The van der Waals surface area contributed by atoms with Crippen LogP contribution in [0.25, 0.3) is 10.9 Å². The Hall–Kier alpha value is -3.05. The molecule has 0 aliphatic rings. The molecular weight excluding hydrogens is 412 g/mol. The minimum atomic E-state index is -1.26. The third-order valence-electron chi connectivity index (χ3n) is 4.54. The number of hydrogen-bond acceptors (Lipinski definition) is 6. The number of aromatic nitrogens is 1. The second-order valence-electron chi connectivity index (χ2n) is 6.75. The van der Waals surface area contributed by atoms with Gasteiger partial charge in [0.15, 0.2) is 0 Å². The van der Waals surface area contributed by atoms with E-state index in [1.165, 1.54) is 0 Å². The number of para-hydroxylation sites is 1. The average Bonchev–Trinajstić information content (AvgIpc) is 3.12. The number of nitrogens with two attached hydrogens (primary N) is 1. The van der Waals surface area contributed by atoms with Crippen LogP contribution < -0.4 is 16.4 Å². The van der Waals surface area contributed by atoms with Crippen molar-refractivity contribution in [3.8, 4) is 0 Å². The number of rotatable bonds is 11. The number of aliphatic carboxylic acids is 2. The highest BCUT2D eigenvalue weighted by atomic mass is 32.1. The van der Waals surface area contributed by atoms with Gasteiger partial charge in [-0.3, -0.25) is 14.4 Å². The van der Waals surface area contributed by atoms with Gasteiger partial charge < -0.3 is 31.6 Å². The summed E-state index contributed by atoms with van der Waals surface area (Å²) in [5.74, 6) is -3.89. The van der Waals surface area contributed by atoms with E-state index < -0.39 is 41.9 Å². The van der Waals surface area contributed by atoms with Crippen molar-refractivity contribution in [1.82, 2.24) is 15.6 Å². The smallest absolute Gasteiger partial charge is 0.327 e. The number of nitrogens with one attached hydrogen (secondary N) is 3. The van der Waals surface area contributed by atoms with Gasteiger partial charge in [0.05, 0.1) is 6.04 Å². The Balaban J connectivity index is 2.20. The third kappa shape index (κ3) is 6.22. The lowest BCUT2D eigenvalue weighted by molar-refractivity contribution is -0.141. The van der Waals surface area contributed by atoms with Gasteiger partial charge in [0.1, 0.15) is 12.1 Å². The molecule has 1 heterocycles. The predicted octanol–water partition coefficient (Wildman–Crippen LogP) is -0.113. The summed E-state index contributed by atoms with van der Waals surface area (Å²) >= 11 is 3.92. The SMILES string of the molecule is NC(CCC(=O)O)C(=O)NC(Cc1c[nH]c2ccccc12)C(=O)NC(CS)C(=O)O. The van der Waals surface area contributed by atoms with Crippen molar-refractivity contribution in [2.75, 3.05) is 5.75 Å². The highest BCUT2D eigenvalue weighted by Gasteiger charge is 2.28. The van der Waals surface area contributed by atoms with E-state index in [0.717, 1.165) is 16.5 Å². The van der Waals surface area contributed by atoms with Crippen LogP contribution in [0.5, 0.6) is 0 Å². The van der Waals surface area contributed by atoms with E-state index in [-0.39, 0.29) is 25.0 Å². The molecule has 0 spiro atoms. The molecule has 0 saturated heterocycles. The average molecular weight is 436 g/mol. The molecule has 10 nitrogen and oxygen atoms in total. The van der Waals surface area contributed by atoms with Crippen molar-refractivity contribution in [1.29, 1.82) is 0 Å². The van der Waals surface area contributed by atoms with Crippen molar-refractivity contribution in [2.24, 2.45) is 5.73 Å². The topological polar surface area (TPSA) is 175 Å². The number of carboxylic acid groups (broad SMARTS) is 2. The molecule has 30 heavy (non-hydrogen) atoms. The van der Waals surface area contributed by atoms with E-state index in [1.807, 2.05) is 24.3 Å². The van der Waals surface area contributed by atoms with E-state index in [2.05, 4.69) is 28.2 Å². The summed E-state index contributed by atoms with van der Waals surface area (Å²) in [5.41, 5.74) is 7.32. The molecule has 1 aromatic carbocycles. The van der Waals surface area contributed by atoms with E-state index in [1.54, 1.807) is 6.20 Å². The van der Waals surface area contributed by atoms with Gasteiger partial charge in [-0.1, -0.05) is 18.2 Å². The highest BCUT2D eigenvalue weighted by Crippen LogP contribution is 2.19. The van der Waals surface area contributed by atoms with Crippen molar-refractivity contribution in [3.05, 3.63) is 36.0 Å². The molecule has 11 heteroatoms. The molecule has 2 amide bonds. The molecule has 0 saturated carbocycles. The van der Waals surface area contributed by atoms with Gasteiger partial charge in [0.25, 0.3) is 0 Å². The van der Waals surface area contributed by atoms with Gasteiger partial charge in [-0.15, -0.1) is 0 Å². The first kappa shape index (κ1) is 23.2. The molecule has 2 aromatic rings. The molecule has 2 rings (SSSR count). The van der Waals surface area contributed by atoms with Crippen LogP contribution in [0.1, 0.15) is 18.4 Å². The van der Waals surface area contributed by atoms with Gasteiger partial charge in [0.2, 0.25) is 11.8 Å². The first-order valence-electron chi connectivity index (χ1n) is 9.19. The first-order valence-corrected chi connectivity index (χ1v) is 9.83. The molecule has 162 valence electrons. The van der Waals surface area contributed by atoms with Crippen LogP contribution in [0.4, 0.5) is 0 Å². The van der Waals surface area contributed by atoms with Crippen LogP contribution in [0, 0.1) is 0 Å². The van der Waals surface area contributed by atoms with Crippen LogP contribution in [-0.4, -0.2) is 62.8 Å². The number of hydrogen-bond donors (Lipinski definition) is 7. The zero-order chi connectivity index (χ0) is 22.3. The monoisotopic (exact) mass is 436 g/mol. The normalized spacial score (nSPS) is 13.9. The molecule has 1 aromatic heterocycles. The minimum absolute atomic E-state index is 0.0755. The predicted molar refractivity (Wildman–Crippen MR) is 112 cm³/mol. The van der Waals surface area contributed by atoms with Crippen LogP contribution >= 0.6 is 12.6 Å². The Morgan fingerprint density at radius 3 is 2.37 bits per heavy atom. The van der Waals surface area contributed by atoms with Crippen molar-refractivity contribution >= 4 is 47.3 Å². The molecule has 7 N–H and O–H groups in total. The third-order valence-corrected chi connectivity index (χ3v) is 4.90. The van der Waals surface area contributed by atoms with Crippen LogP contribution in [0.3, 0.4) is 0 Å². The summed E-state index contributed by atoms with van der Waals surface area (Å²) in [6.07, 6.45) is 1.38. The zero-order valence-electron chi connectivity index (χ0n) is 16.0. The number of carbonyl (C=O) groups is 4. The Morgan fingerprint density at radius 1 is 1.07 bits per heavy atom. The second-order valence-corrected chi connectivity index (χ2v) is 7.11. The van der Waals surface area contributed by atoms with Crippen LogP contribution in [0.15, 0.2) is 30.5 Å². The van der Waals surface area contributed by atoms with Gasteiger partial charge in [-0.25, -0.2) is 4.79 Å². The highest BCUT2D eigenvalue weighted by molar-refractivity contribution is 7.80. The minimum Gasteiger partial charge on any atom is -0.481 e. The lowest BCUT2D eigenvalue weighted by atomic mass is 10.0. The number of thiol groups is 1. The summed E-state index contributed by atoms with van der Waals surface area (Å²) < 4.78 is 0. The fraction of sp³-hybridized carbons (Fsp3) is 0.368. The standard InChI is InChI=1S/C19H24N4O6S/c20-12(5-6-16(24)25)17(26)22-14(18(27)23-15(9-30)19(28)29)7-10-8-21-13-4-2-1-3-11(10)13/h1-4,8,12,14-15,21,30H,5-7,9,20H2,(H,22,26)(H,23,27)(H,24,25)(H,28,29). The van der Waals surface area contributed by atoms with E-state index >= 15 is 0 Å². The number of carboxylic acids is 2. The number of fused-ring (bicyclic) bond motifs is 1. The largest absolute Gasteiger partial charge is 0.481 e. The Bertz CT molecular complexity index is 931. The quantitative estimate of drug-likeness (QED) is 0.240. The van der Waals surface area contributed by atoms with Gasteiger partial charge in [-0.05, 0) is 18.1 Å². The lowest BCUT2D eigenvalue weighted by Gasteiger charge is -2.22. The fourth-order valence-electron chi connectivity index (χ4n) is 2.88. The van der Waals surface area contributed by atoms with Crippen molar-refractivity contribution < 1.29 is 29.4 Å². The number of benzene rings is 1. The summed E-state index contributed by atoms with van der Waals surface area (Å²) in [7, 11) is 0. The summed E-state index contributed by atoms with van der Waals surface area (Å²) in [6.45, 7) is 0. The lowest BCUT2D eigenvalue weighted by Crippen LogP contribution is -2.55. The maximum absolute atomic E-state index is 12.7. The van der Waals surface area contributed by atoms with Crippen LogP contribution in [-0.2, 0) is 25.6 Å². The van der Waals surface area contributed by atoms with Crippen molar-refractivity contribution in [2.45, 2.75) is 37.4 Å². The molecule has 0 fully saturated rings. The molecule has 0 bridgehead atoms. The zero-order valence-corrected chi connectivity index (χ0v) is 16.9. The molecule has 0 aliphatic heterocycles. The second kappa shape index (κ2) is 10.6. The maximum Gasteiger partial charge on any atom is 0.327 e. The Kier molecular flexibility index (Phi) is 8.25. The molecule has 3 atom stereocenters. The summed E-state index contributed by atoms with van der Waals surface area (Å²) in [4.78, 5) is 50.1. The van der Waals surface area contributed by atoms with Gasteiger partial charge in [-0.2, -0.15) is 12.6 Å². The maximum atomic E-state index is 12.7. The molecule has 0 radical (unpaired) electrons. The van der Waals surface area contributed by atoms with E-state index in [4.69, 9.17) is 15.9 Å². The molecule has 3 unspecified atom stereocenters. The number of H-pyrrole nitrogens is 1. The Morgan fingerprint density at radius 2 is 1.73 bits per heavy atom.